The number of aliphatic imine (C=N–C) groups is 1. The topological polar surface area (TPSA) is 62.4 Å². The monoisotopic (exact) mass is 274 g/mol. The van der Waals surface area contributed by atoms with Crippen LogP contribution in [0.3, 0.4) is 0 Å². The standard InChI is InChI=1S/C11H16Cl2N4/c1-2-15-11(17-14)16-6-5-8-3-4-9(12)7-10(8)13/h3-4,7H,2,5-6,14H2,1H3,(H2,15,16,17). The molecule has 0 aromatic heterocycles. The SMILES string of the molecule is CCNC(=NCCc1ccc(Cl)cc1Cl)NN. The van der Waals surface area contributed by atoms with Crippen molar-refractivity contribution in [1.82, 2.24) is 10.7 Å². The molecule has 0 aliphatic heterocycles. The van der Waals surface area contributed by atoms with Gasteiger partial charge >= 0.3 is 0 Å². The summed E-state index contributed by atoms with van der Waals surface area (Å²) in [6.07, 6.45) is 0.743. The summed E-state index contributed by atoms with van der Waals surface area (Å²) in [6.45, 7) is 3.35. The molecule has 0 radical (unpaired) electrons. The highest BCUT2D eigenvalue weighted by molar-refractivity contribution is 6.35. The number of nitrogens with one attached hydrogen (secondary N) is 2. The zero-order chi connectivity index (χ0) is 12.7. The lowest BCUT2D eigenvalue weighted by Gasteiger charge is -2.07. The van der Waals surface area contributed by atoms with E-state index in [0.717, 1.165) is 18.5 Å². The van der Waals surface area contributed by atoms with Gasteiger partial charge in [0, 0.05) is 23.1 Å². The first-order valence-corrected chi connectivity index (χ1v) is 6.11. The summed E-state index contributed by atoms with van der Waals surface area (Å²) in [5, 5.41) is 4.31. The summed E-state index contributed by atoms with van der Waals surface area (Å²) in [4.78, 5) is 4.27. The van der Waals surface area contributed by atoms with Crippen molar-refractivity contribution >= 4 is 29.2 Å². The van der Waals surface area contributed by atoms with Gasteiger partial charge in [0.15, 0.2) is 0 Å². The summed E-state index contributed by atoms with van der Waals surface area (Å²) in [5.74, 6) is 5.88. The first-order valence-electron chi connectivity index (χ1n) is 5.36. The second-order valence-electron chi connectivity index (χ2n) is 3.39. The number of guanidine groups is 1. The van der Waals surface area contributed by atoms with Crippen LogP contribution in [0.1, 0.15) is 12.5 Å². The van der Waals surface area contributed by atoms with E-state index in [1.165, 1.54) is 0 Å². The van der Waals surface area contributed by atoms with Crippen LogP contribution in [-0.4, -0.2) is 19.0 Å². The van der Waals surface area contributed by atoms with Gasteiger partial charge in [-0.15, -0.1) is 0 Å². The average molecular weight is 275 g/mol. The Hall–Kier alpha value is -0.970. The van der Waals surface area contributed by atoms with Gasteiger partial charge < -0.3 is 5.32 Å². The van der Waals surface area contributed by atoms with Crippen LogP contribution in [0, 0.1) is 0 Å². The normalized spacial score (nSPS) is 11.4. The molecular formula is C11H16Cl2N4. The molecule has 6 heteroatoms. The van der Waals surface area contributed by atoms with Crippen LogP contribution in [0.5, 0.6) is 0 Å². The third-order valence-electron chi connectivity index (χ3n) is 2.15. The number of halogens is 2. The maximum atomic E-state index is 6.05. The summed E-state index contributed by atoms with van der Waals surface area (Å²) >= 11 is 11.9. The number of hydrogen-bond donors (Lipinski definition) is 3. The molecule has 0 saturated carbocycles. The molecule has 94 valence electrons. The number of hydrazine groups is 1. The van der Waals surface area contributed by atoms with E-state index < -0.39 is 0 Å². The number of nitrogens with zero attached hydrogens (tertiary/aromatic N) is 1. The minimum atomic E-state index is 0.581. The molecule has 0 atom stereocenters. The highest BCUT2D eigenvalue weighted by Crippen LogP contribution is 2.21. The van der Waals surface area contributed by atoms with Crippen LogP contribution in [0.4, 0.5) is 0 Å². The van der Waals surface area contributed by atoms with E-state index in [4.69, 9.17) is 29.0 Å². The molecule has 0 saturated heterocycles. The largest absolute Gasteiger partial charge is 0.356 e. The Labute approximate surface area is 111 Å². The van der Waals surface area contributed by atoms with Crippen molar-refractivity contribution in [2.45, 2.75) is 13.3 Å². The minimum Gasteiger partial charge on any atom is -0.356 e. The fourth-order valence-corrected chi connectivity index (χ4v) is 1.84. The van der Waals surface area contributed by atoms with Gasteiger partial charge in [-0.3, -0.25) is 10.4 Å². The van der Waals surface area contributed by atoms with E-state index in [9.17, 15) is 0 Å². The highest BCUT2D eigenvalue weighted by atomic mass is 35.5. The van der Waals surface area contributed by atoms with Gasteiger partial charge in [0.2, 0.25) is 5.96 Å². The molecular weight excluding hydrogens is 259 g/mol. The highest BCUT2D eigenvalue weighted by Gasteiger charge is 2.01. The molecule has 0 unspecified atom stereocenters. The molecule has 4 N–H and O–H groups in total. The quantitative estimate of drug-likeness (QED) is 0.341. The van der Waals surface area contributed by atoms with Gasteiger partial charge in [0.25, 0.3) is 0 Å². The molecule has 0 bridgehead atoms. The lowest BCUT2D eigenvalue weighted by atomic mass is 10.1. The van der Waals surface area contributed by atoms with Crippen molar-refractivity contribution in [3.05, 3.63) is 33.8 Å². The lowest BCUT2D eigenvalue weighted by Crippen LogP contribution is -2.41. The lowest BCUT2D eigenvalue weighted by molar-refractivity contribution is 0.844. The van der Waals surface area contributed by atoms with Crippen molar-refractivity contribution in [2.24, 2.45) is 10.8 Å². The molecule has 1 aromatic carbocycles. The molecule has 4 nitrogen and oxygen atoms in total. The van der Waals surface area contributed by atoms with E-state index in [0.29, 0.717) is 22.5 Å². The molecule has 1 aromatic rings. The van der Waals surface area contributed by atoms with E-state index in [1.54, 1.807) is 6.07 Å². The van der Waals surface area contributed by atoms with Crippen molar-refractivity contribution in [2.75, 3.05) is 13.1 Å². The molecule has 0 heterocycles. The third-order valence-corrected chi connectivity index (χ3v) is 2.73. The van der Waals surface area contributed by atoms with Gasteiger partial charge in [-0.25, -0.2) is 5.84 Å². The fourth-order valence-electron chi connectivity index (χ4n) is 1.33. The zero-order valence-electron chi connectivity index (χ0n) is 9.63. The summed E-state index contributed by atoms with van der Waals surface area (Å²) in [7, 11) is 0. The van der Waals surface area contributed by atoms with Crippen LogP contribution in [-0.2, 0) is 6.42 Å². The van der Waals surface area contributed by atoms with Gasteiger partial charge in [-0.05, 0) is 31.0 Å². The molecule has 0 fully saturated rings. The van der Waals surface area contributed by atoms with Crippen LogP contribution in [0.25, 0.3) is 0 Å². The molecule has 0 aliphatic carbocycles. The Morgan fingerprint density at radius 3 is 2.76 bits per heavy atom. The predicted octanol–water partition coefficient (Wildman–Crippen LogP) is 1.96. The first kappa shape index (κ1) is 14.1. The maximum Gasteiger partial charge on any atom is 0.205 e. The smallest absolute Gasteiger partial charge is 0.205 e. The number of hydrogen-bond acceptors (Lipinski definition) is 2. The second-order valence-corrected chi connectivity index (χ2v) is 4.23. The van der Waals surface area contributed by atoms with E-state index in [-0.39, 0.29) is 0 Å². The molecule has 0 spiro atoms. The maximum absolute atomic E-state index is 6.05. The van der Waals surface area contributed by atoms with Crippen molar-refractivity contribution in [3.63, 3.8) is 0 Å². The Morgan fingerprint density at radius 1 is 1.41 bits per heavy atom. The van der Waals surface area contributed by atoms with Gasteiger partial charge in [0.05, 0.1) is 0 Å². The van der Waals surface area contributed by atoms with Crippen LogP contribution in [0.15, 0.2) is 23.2 Å². The summed E-state index contributed by atoms with van der Waals surface area (Å²) in [5.41, 5.74) is 3.52. The Bertz CT molecular complexity index is 393. The van der Waals surface area contributed by atoms with Crippen molar-refractivity contribution in [1.29, 1.82) is 0 Å². The van der Waals surface area contributed by atoms with E-state index in [2.05, 4.69) is 15.7 Å². The number of benzene rings is 1. The average Bonchev–Trinajstić information content (AvgIpc) is 2.30. The van der Waals surface area contributed by atoms with E-state index in [1.807, 2.05) is 19.1 Å². The van der Waals surface area contributed by atoms with Crippen LogP contribution in [0.2, 0.25) is 10.0 Å². The minimum absolute atomic E-state index is 0.581. The van der Waals surface area contributed by atoms with Gasteiger partial charge in [-0.2, -0.15) is 0 Å². The molecule has 17 heavy (non-hydrogen) atoms. The zero-order valence-corrected chi connectivity index (χ0v) is 11.1. The van der Waals surface area contributed by atoms with Crippen molar-refractivity contribution < 1.29 is 0 Å². The Kier molecular flexibility index (Phi) is 6.11. The number of rotatable bonds is 4. The summed E-state index contributed by atoms with van der Waals surface area (Å²) in [6, 6.07) is 5.45. The van der Waals surface area contributed by atoms with Crippen molar-refractivity contribution in [3.8, 4) is 0 Å². The van der Waals surface area contributed by atoms with Crippen LogP contribution < -0.4 is 16.6 Å². The Morgan fingerprint density at radius 2 is 2.18 bits per heavy atom. The third kappa shape index (κ3) is 4.81. The fraction of sp³-hybridized carbons (Fsp3) is 0.364. The molecule has 0 amide bonds. The second kappa shape index (κ2) is 7.37. The summed E-state index contributed by atoms with van der Waals surface area (Å²) < 4.78 is 0. The van der Waals surface area contributed by atoms with Gasteiger partial charge in [-0.1, -0.05) is 29.3 Å². The first-order chi connectivity index (χ1) is 8.17. The molecule has 0 aliphatic rings. The van der Waals surface area contributed by atoms with Crippen LogP contribution >= 0.6 is 23.2 Å². The predicted molar refractivity (Wildman–Crippen MR) is 73.5 cm³/mol. The molecule has 1 rings (SSSR count). The number of nitrogens with two attached hydrogens (primary N) is 1. The Balaban J connectivity index is 2.55. The van der Waals surface area contributed by atoms with E-state index >= 15 is 0 Å². The van der Waals surface area contributed by atoms with Gasteiger partial charge in [0.1, 0.15) is 0 Å².